The Morgan fingerprint density at radius 3 is 2.82 bits per heavy atom. The molecule has 7 nitrogen and oxygen atoms in total. The van der Waals surface area contributed by atoms with Crippen LogP contribution in [0.4, 0.5) is 5.69 Å². The molecule has 1 heterocycles. The standard InChI is InChI=1S/C19H22N2O5S2/c1-11-3-6-14-15(10-27-16(14)7-11)19(23)26-9-18(22)21-13-5-4-12(2)17(8-13)28(20,24)25/h4-5,8,10-11H,3,6-7,9H2,1-2H3,(H,21,22)(H2,20,24,25). The van der Waals surface area contributed by atoms with Crippen molar-refractivity contribution in [2.75, 3.05) is 11.9 Å². The fourth-order valence-corrected chi connectivity index (χ4v) is 5.28. The summed E-state index contributed by atoms with van der Waals surface area (Å²) in [6.45, 7) is 3.34. The summed E-state index contributed by atoms with van der Waals surface area (Å²) in [5.41, 5.74) is 2.30. The number of nitrogens with two attached hydrogens (primary N) is 1. The van der Waals surface area contributed by atoms with E-state index in [-0.39, 0.29) is 10.6 Å². The summed E-state index contributed by atoms with van der Waals surface area (Å²) in [6.07, 6.45) is 2.84. The third-order valence-electron chi connectivity index (χ3n) is 4.73. The molecule has 1 aliphatic rings. The zero-order chi connectivity index (χ0) is 20.5. The van der Waals surface area contributed by atoms with Crippen molar-refractivity contribution in [3.8, 4) is 0 Å². The minimum Gasteiger partial charge on any atom is -0.452 e. The molecule has 1 amide bonds. The summed E-state index contributed by atoms with van der Waals surface area (Å²) in [5, 5.41) is 9.48. The SMILES string of the molecule is Cc1ccc(NC(=O)COC(=O)c2csc3c2CCC(C)C3)cc1S(N)(=O)=O. The molecule has 0 saturated heterocycles. The van der Waals surface area contributed by atoms with Crippen molar-refractivity contribution in [2.24, 2.45) is 11.1 Å². The maximum atomic E-state index is 12.4. The number of fused-ring (bicyclic) bond motifs is 1. The Morgan fingerprint density at radius 2 is 2.11 bits per heavy atom. The van der Waals surface area contributed by atoms with Crippen molar-refractivity contribution in [3.63, 3.8) is 0 Å². The number of rotatable bonds is 5. The van der Waals surface area contributed by atoms with Crippen LogP contribution in [-0.2, 0) is 32.4 Å². The van der Waals surface area contributed by atoms with E-state index in [9.17, 15) is 18.0 Å². The van der Waals surface area contributed by atoms with E-state index < -0.39 is 28.5 Å². The van der Waals surface area contributed by atoms with Crippen molar-refractivity contribution < 1.29 is 22.7 Å². The highest BCUT2D eigenvalue weighted by Crippen LogP contribution is 2.33. The highest BCUT2D eigenvalue weighted by Gasteiger charge is 2.24. The van der Waals surface area contributed by atoms with Crippen LogP contribution >= 0.6 is 11.3 Å². The first-order chi connectivity index (χ1) is 13.1. The zero-order valence-electron chi connectivity index (χ0n) is 15.7. The summed E-state index contributed by atoms with van der Waals surface area (Å²) in [5.74, 6) is -0.468. The lowest BCUT2D eigenvalue weighted by molar-refractivity contribution is -0.119. The highest BCUT2D eigenvalue weighted by atomic mass is 32.2. The van der Waals surface area contributed by atoms with Gasteiger partial charge in [-0.3, -0.25) is 4.79 Å². The molecule has 28 heavy (non-hydrogen) atoms. The van der Waals surface area contributed by atoms with E-state index in [1.54, 1.807) is 35.8 Å². The monoisotopic (exact) mass is 422 g/mol. The molecule has 0 radical (unpaired) electrons. The Balaban J connectivity index is 1.62. The summed E-state index contributed by atoms with van der Waals surface area (Å²) in [7, 11) is -3.90. The minimum atomic E-state index is -3.90. The number of thiophene rings is 1. The minimum absolute atomic E-state index is 0.0681. The topological polar surface area (TPSA) is 116 Å². The summed E-state index contributed by atoms with van der Waals surface area (Å²) in [4.78, 5) is 25.6. The van der Waals surface area contributed by atoms with Gasteiger partial charge < -0.3 is 10.1 Å². The molecule has 2 aromatic rings. The Hall–Kier alpha value is -2.23. The molecule has 0 fully saturated rings. The number of sulfonamides is 1. The summed E-state index contributed by atoms with van der Waals surface area (Å²) < 4.78 is 28.3. The molecule has 1 aromatic heterocycles. The first kappa shape index (κ1) is 20.5. The van der Waals surface area contributed by atoms with Gasteiger partial charge in [-0.2, -0.15) is 0 Å². The zero-order valence-corrected chi connectivity index (χ0v) is 17.3. The molecule has 0 saturated carbocycles. The van der Waals surface area contributed by atoms with Gasteiger partial charge in [0.15, 0.2) is 6.61 Å². The number of hydrogen-bond donors (Lipinski definition) is 2. The fourth-order valence-electron chi connectivity index (χ4n) is 3.24. The van der Waals surface area contributed by atoms with Gasteiger partial charge in [0.25, 0.3) is 5.91 Å². The van der Waals surface area contributed by atoms with Crippen molar-refractivity contribution >= 4 is 38.9 Å². The molecule has 1 aromatic carbocycles. The second-order valence-electron chi connectivity index (χ2n) is 7.05. The lowest BCUT2D eigenvalue weighted by atomic mass is 9.88. The van der Waals surface area contributed by atoms with Crippen LogP contribution in [0.5, 0.6) is 0 Å². The molecule has 1 atom stereocenters. The maximum Gasteiger partial charge on any atom is 0.339 e. The average Bonchev–Trinajstić information content (AvgIpc) is 3.03. The Kier molecular flexibility index (Phi) is 5.87. The molecule has 9 heteroatoms. The molecule has 0 spiro atoms. The van der Waals surface area contributed by atoms with Gasteiger partial charge in [0.1, 0.15) is 0 Å². The van der Waals surface area contributed by atoms with Crippen molar-refractivity contribution in [1.29, 1.82) is 0 Å². The van der Waals surface area contributed by atoms with Crippen LogP contribution in [0, 0.1) is 12.8 Å². The number of aryl methyl sites for hydroxylation is 1. The average molecular weight is 423 g/mol. The van der Waals surface area contributed by atoms with Gasteiger partial charge in [-0.15, -0.1) is 11.3 Å². The Bertz CT molecular complexity index is 1030. The molecule has 1 aliphatic carbocycles. The van der Waals surface area contributed by atoms with Crippen LogP contribution in [0.15, 0.2) is 28.5 Å². The number of amides is 1. The number of ether oxygens (including phenoxy) is 1. The second-order valence-corrected chi connectivity index (χ2v) is 9.54. The van der Waals surface area contributed by atoms with E-state index in [1.165, 1.54) is 10.9 Å². The fraction of sp³-hybridized carbons (Fsp3) is 0.368. The van der Waals surface area contributed by atoms with Gasteiger partial charge >= 0.3 is 5.97 Å². The molecular formula is C19H22N2O5S2. The van der Waals surface area contributed by atoms with Crippen LogP contribution in [0.1, 0.15) is 39.7 Å². The van der Waals surface area contributed by atoms with E-state index in [1.807, 2.05) is 0 Å². The van der Waals surface area contributed by atoms with Gasteiger partial charge in [0.05, 0.1) is 10.5 Å². The lowest BCUT2D eigenvalue weighted by Crippen LogP contribution is -2.22. The predicted molar refractivity (Wildman–Crippen MR) is 107 cm³/mol. The van der Waals surface area contributed by atoms with E-state index in [0.29, 0.717) is 17.0 Å². The summed E-state index contributed by atoms with van der Waals surface area (Å²) in [6, 6.07) is 4.38. The van der Waals surface area contributed by atoms with Crippen molar-refractivity contribution in [3.05, 3.63) is 45.1 Å². The molecular weight excluding hydrogens is 400 g/mol. The normalized spacial score (nSPS) is 16.3. The maximum absolute atomic E-state index is 12.4. The van der Waals surface area contributed by atoms with E-state index in [0.717, 1.165) is 24.8 Å². The van der Waals surface area contributed by atoms with E-state index in [4.69, 9.17) is 9.88 Å². The number of benzene rings is 1. The Labute approximate surface area is 167 Å². The predicted octanol–water partition coefficient (Wildman–Crippen LogP) is 2.62. The Morgan fingerprint density at radius 1 is 1.36 bits per heavy atom. The quantitative estimate of drug-likeness (QED) is 0.719. The first-order valence-electron chi connectivity index (χ1n) is 8.85. The van der Waals surface area contributed by atoms with E-state index >= 15 is 0 Å². The number of anilines is 1. The van der Waals surface area contributed by atoms with Crippen LogP contribution in [0.3, 0.4) is 0 Å². The number of hydrogen-bond acceptors (Lipinski definition) is 6. The number of nitrogens with one attached hydrogen (secondary N) is 1. The second kappa shape index (κ2) is 8.02. The number of esters is 1. The third kappa shape index (κ3) is 4.60. The highest BCUT2D eigenvalue weighted by molar-refractivity contribution is 7.89. The molecule has 0 aliphatic heterocycles. The van der Waals surface area contributed by atoms with Gasteiger partial charge in [0, 0.05) is 15.9 Å². The number of carbonyl (C=O) groups excluding carboxylic acids is 2. The van der Waals surface area contributed by atoms with Gasteiger partial charge in [-0.25, -0.2) is 18.4 Å². The number of primary sulfonamides is 1. The number of carbonyl (C=O) groups is 2. The van der Waals surface area contributed by atoms with Gasteiger partial charge in [-0.05, 0) is 55.4 Å². The van der Waals surface area contributed by atoms with Crippen LogP contribution in [-0.4, -0.2) is 26.9 Å². The molecule has 0 bridgehead atoms. The smallest absolute Gasteiger partial charge is 0.339 e. The molecule has 150 valence electrons. The molecule has 3 N–H and O–H groups in total. The van der Waals surface area contributed by atoms with Crippen LogP contribution in [0.25, 0.3) is 0 Å². The lowest BCUT2D eigenvalue weighted by Gasteiger charge is -2.18. The summed E-state index contributed by atoms with van der Waals surface area (Å²) >= 11 is 1.56. The molecule has 1 unspecified atom stereocenters. The van der Waals surface area contributed by atoms with Crippen molar-refractivity contribution in [1.82, 2.24) is 0 Å². The van der Waals surface area contributed by atoms with E-state index in [2.05, 4.69) is 12.2 Å². The van der Waals surface area contributed by atoms with Crippen molar-refractivity contribution in [2.45, 2.75) is 38.0 Å². The van der Waals surface area contributed by atoms with Crippen LogP contribution in [0.2, 0.25) is 0 Å². The first-order valence-corrected chi connectivity index (χ1v) is 11.3. The van der Waals surface area contributed by atoms with Gasteiger partial charge in [0.2, 0.25) is 10.0 Å². The molecule has 3 rings (SSSR count). The van der Waals surface area contributed by atoms with Crippen LogP contribution < -0.4 is 10.5 Å². The van der Waals surface area contributed by atoms with Gasteiger partial charge in [-0.1, -0.05) is 13.0 Å². The third-order valence-corrected chi connectivity index (χ3v) is 6.84. The largest absolute Gasteiger partial charge is 0.452 e.